The standard InChI is InChI=1S/C24H30F2N2O3/c1-15-4-5-23(26)22(17(15)3)10-16(2)24(30)27-19-11-18(25)12-20(13-19)28-7-9-31-21(14-28)6-8-29/h4-5,11-13,16,21,29H,6-10,14H2,1-3H3,(H,27,30). The lowest BCUT2D eigenvalue weighted by Gasteiger charge is -2.34. The Hall–Kier alpha value is -2.51. The Morgan fingerprint density at radius 3 is 2.81 bits per heavy atom. The summed E-state index contributed by atoms with van der Waals surface area (Å²) in [6, 6.07) is 7.58. The fourth-order valence-corrected chi connectivity index (χ4v) is 3.86. The molecule has 0 aromatic heterocycles. The van der Waals surface area contributed by atoms with E-state index in [-0.39, 0.29) is 30.9 Å². The molecule has 7 heteroatoms. The Kier molecular flexibility index (Phi) is 7.62. The fraction of sp³-hybridized carbons (Fsp3) is 0.458. The molecular formula is C24H30F2N2O3. The number of benzene rings is 2. The molecule has 1 heterocycles. The van der Waals surface area contributed by atoms with Crippen molar-refractivity contribution in [3.8, 4) is 0 Å². The smallest absolute Gasteiger partial charge is 0.227 e. The second-order valence-electron chi connectivity index (χ2n) is 8.21. The van der Waals surface area contributed by atoms with Gasteiger partial charge in [-0.15, -0.1) is 0 Å². The number of aryl methyl sites for hydroxylation is 1. The summed E-state index contributed by atoms with van der Waals surface area (Å²) in [6.45, 7) is 7.15. The van der Waals surface area contributed by atoms with Gasteiger partial charge >= 0.3 is 0 Å². The predicted molar refractivity (Wildman–Crippen MR) is 117 cm³/mol. The van der Waals surface area contributed by atoms with Crippen LogP contribution >= 0.6 is 0 Å². The van der Waals surface area contributed by atoms with Crippen molar-refractivity contribution < 1.29 is 23.4 Å². The second kappa shape index (κ2) is 10.2. The molecule has 0 aliphatic carbocycles. The molecule has 2 N–H and O–H groups in total. The maximum Gasteiger partial charge on any atom is 0.227 e. The molecule has 1 aliphatic heterocycles. The van der Waals surface area contributed by atoms with Crippen LogP contribution in [0.2, 0.25) is 0 Å². The van der Waals surface area contributed by atoms with Gasteiger partial charge in [0.05, 0.1) is 12.7 Å². The van der Waals surface area contributed by atoms with Crippen LogP contribution in [0.1, 0.15) is 30.0 Å². The molecule has 0 spiro atoms. The SMILES string of the molecule is Cc1ccc(F)c(CC(C)C(=O)Nc2cc(F)cc(N3CCOC(CCO)C3)c2)c1C. The van der Waals surface area contributed by atoms with Gasteiger partial charge in [0, 0.05) is 37.0 Å². The molecule has 5 nitrogen and oxygen atoms in total. The minimum Gasteiger partial charge on any atom is -0.396 e. The number of morpholine rings is 1. The largest absolute Gasteiger partial charge is 0.396 e. The Morgan fingerprint density at radius 2 is 2.06 bits per heavy atom. The van der Waals surface area contributed by atoms with Crippen molar-refractivity contribution in [1.82, 2.24) is 0 Å². The third-order valence-electron chi connectivity index (χ3n) is 5.88. The third-order valence-corrected chi connectivity index (χ3v) is 5.88. The van der Waals surface area contributed by atoms with Crippen LogP contribution in [0.25, 0.3) is 0 Å². The van der Waals surface area contributed by atoms with Crippen LogP contribution in [0.3, 0.4) is 0 Å². The van der Waals surface area contributed by atoms with E-state index in [0.29, 0.717) is 43.1 Å². The molecule has 0 saturated carbocycles. The Morgan fingerprint density at radius 1 is 1.29 bits per heavy atom. The lowest BCUT2D eigenvalue weighted by atomic mass is 9.94. The molecule has 2 aromatic rings. The summed E-state index contributed by atoms with van der Waals surface area (Å²) in [4.78, 5) is 14.7. The Bertz CT molecular complexity index is 933. The topological polar surface area (TPSA) is 61.8 Å². The first-order valence-corrected chi connectivity index (χ1v) is 10.6. The van der Waals surface area contributed by atoms with Crippen LogP contribution in [-0.4, -0.2) is 43.4 Å². The third kappa shape index (κ3) is 5.80. The van der Waals surface area contributed by atoms with Crippen molar-refractivity contribution in [2.75, 3.05) is 36.5 Å². The number of ether oxygens (including phenoxy) is 1. The van der Waals surface area contributed by atoms with Gasteiger partial charge in [-0.3, -0.25) is 4.79 Å². The zero-order chi connectivity index (χ0) is 22.5. The molecule has 2 atom stereocenters. The van der Waals surface area contributed by atoms with Crippen LogP contribution in [0.5, 0.6) is 0 Å². The van der Waals surface area contributed by atoms with Crippen molar-refractivity contribution in [1.29, 1.82) is 0 Å². The summed E-state index contributed by atoms with van der Waals surface area (Å²) in [5.41, 5.74) is 3.36. The summed E-state index contributed by atoms with van der Waals surface area (Å²) < 4.78 is 34.2. The van der Waals surface area contributed by atoms with Crippen LogP contribution in [0.4, 0.5) is 20.2 Å². The van der Waals surface area contributed by atoms with Crippen molar-refractivity contribution in [2.45, 2.75) is 39.7 Å². The summed E-state index contributed by atoms with van der Waals surface area (Å²) in [5.74, 6) is -1.55. The zero-order valence-corrected chi connectivity index (χ0v) is 18.3. The number of carbonyl (C=O) groups excluding carboxylic acids is 1. The van der Waals surface area contributed by atoms with Gasteiger partial charge < -0.3 is 20.1 Å². The average Bonchev–Trinajstić information content (AvgIpc) is 2.74. The van der Waals surface area contributed by atoms with E-state index < -0.39 is 11.7 Å². The van der Waals surface area contributed by atoms with Crippen molar-refractivity contribution in [3.05, 3.63) is 58.7 Å². The van der Waals surface area contributed by atoms with Crippen molar-refractivity contribution >= 4 is 17.3 Å². The summed E-state index contributed by atoms with van der Waals surface area (Å²) in [7, 11) is 0. The molecule has 1 fully saturated rings. The van der Waals surface area contributed by atoms with Crippen LogP contribution in [0.15, 0.2) is 30.3 Å². The molecule has 1 aliphatic rings. The number of amides is 1. The Labute approximate surface area is 182 Å². The molecular weight excluding hydrogens is 402 g/mol. The van der Waals surface area contributed by atoms with Gasteiger partial charge in [0.25, 0.3) is 0 Å². The van der Waals surface area contributed by atoms with Gasteiger partial charge in [-0.05, 0) is 67.6 Å². The number of hydrogen-bond acceptors (Lipinski definition) is 4. The number of aliphatic hydroxyl groups is 1. The van der Waals surface area contributed by atoms with Gasteiger partial charge in [-0.2, -0.15) is 0 Å². The lowest BCUT2D eigenvalue weighted by Crippen LogP contribution is -2.43. The van der Waals surface area contributed by atoms with Crippen molar-refractivity contribution in [3.63, 3.8) is 0 Å². The van der Waals surface area contributed by atoms with E-state index in [9.17, 15) is 13.6 Å². The van der Waals surface area contributed by atoms with Gasteiger partial charge in [-0.1, -0.05) is 13.0 Å². The second-order valence-corrected chi connectivity index (χ2v) is 8.21. The first-order valence-electron chi connectivity index (χ1n) is 10.6. The maximum atomic E-state index is 14.3. The summed E-state index contributed by atoms with van der Waals surface area (Å²) in [5, 5.41) is 11.9. The highest BCUT2D eigenvalue weighted by molar-refractivity contribution is 5.93. The normalized spacial score (nSPS) is 17.5. The zero-order valence-electron chi connectivity index (χ0n) is 18.3. The van der Waals surface area contributed by atoms with E-state index in [2.05, 4.69) is 5.32 Å². The molecule has 2 aromatic carbocycles. The number of nitrogens with zero attached hydrogens (tertiary/aromatic N) is 1. The number of nitrogens with one attached hydrogen (secondary N) is 1. The molecule has 31 heavy (non-hydrogen) atoms. The highest BCUT2D eigenvalue weighted by atomic mass is 19.1. The minimum absolute atomic E-state index is 0.0296. The van der Waals surface area contributed by atoms with E-state index in [0.717, 1.165) is 11.1 Å². The number of anilines is 2. The highest BCUT2D eigenvalue weighted by Crippen LogP contribution is 2.26. The highest BCUT2D eigenvalue weighted by Gasteiger charge is 2.22. The van der Waals surface area contributed by atoms with E-state index in [1.165, 1.54) is 18.2 Å². The summed E-state index contributed by atoms with van der Waals surface area (Å²) >= 11 is 0. The number of carbonyl (C=O) groups is 1. The fourth-order valence-electron chi connectivity index (χ4n) is 3.86. The van der Waals surface area contributed by atoms with Crippen LogP contribution < -0.4 is 10.2 Å². The molecule has 1 saturated heterocycles. The van der Waals surface area contributed by atoms with Gasteiger partial charge in [0.2, 0.25) is 5.91 Å². The first kappa shape index (κ1) is 23.2. The minimum atomic E-state index is -0.487. The van der Waals surface area contributed by atoms with E-state index in [4.69, 9.17) is 9.84 Å². The van der Waals surface area contributed by atoms with Gasteiger partial charge in [0.15, 0.2) is 0 Å². The quantitative estimate of drug-likeness (QED) is 0.695. The number of rotatable bonds is 7. The van der Waals surface area contributed by atoms with E-state index in [1.807, 2.05) is 18.7 Å². The monoisotopic (exact) mass is 432 g/mol. The van der Waals surface area contributed by atoms with E-state index in [1.54, 1.807) is 19.1 Å². The van der Waals surface area contributed by atoms with Crippen LogP contribution in [-0.2, 0) is 16.0 Å². The molecule has 3 rings (SSSR count). The molecule has 2 unspecified atom stereocenters. The number of aliphatic hydroxyl groups excluding tert-OH is 1. The molecule has 0 bridgehead atoms. The molecule has 0 radical (unpaired) electrons. The lowest BCUT2D eigenvalue weighted by molar-refractivity contribution is -0.119. The van der Waals surface area contributed by atoms with Crippen LogP contribution in [0, 0.1) is 31.4 Å². The van der Waals surface area contributed by atoms with E-state index >= 15 is 0 Å². The predicted octanol–water partition coefficient (Wildman–Crippen LogP) is 3.99. The summed E-state index contributed by atoms with van der Waals surface area (Å²) in [6.07, 6.45) is 0.661. The van der Waals surface area contributed by atoms with Gasteiger partial charge in [0.1, 0.15) is 11.6 Å². The molecule has 1 amide bonds. The Balaban J connectivity index is 1.71. The number of halogens is 2. The number of hydrogen-bond donors (Lipinski definition) is 2. The van der Waals surface area contributed by atoms with Crippen molar-refractivity contribution in [2.24, 2.45) is 5.92 Å². The maximum absolute atomic E-state index is 14.3. The average molecular weight is 433 g/mol. The van der Waals surface area contributed by atoms with Gasteiger partial charge in [-0.25, -0.2) is 8.78 Å². The first-order chi connectivity index (χ1) is 14.8. The molecule has 168 valence electrons.